The zero-order chi connectivity index (χ0) is 36.8. The summed E-state index contributed by atoms with van der Waals surface area (Å²) in [6.07, 6.45) is -6.77. The van der Waals surface area contributed by atoms with E-state index in [1.54, 1.807) is 0 Å². The van der Waals surface area contributed by atoms with E-state index < -0.39 is 83.3 Å². The second-order valence-electron chi connectivity index (χ2n) is 13.8. The minimum Gasteiger partial charge on any atom is -0.406 e. The van der Waals surface area contributed by atoms with Gasteiger partial charge in [0.05, 0.1) is 25.6 Å². The molecule has 19 nitrogen and oxygen atoms in total. The second kappa shape index (κ2) is 13.0. The van der Waals surface area contributed by atoms with Crippen molar-refractivity contribution in [3.05, 3.63) is 35.7 Å². The highest BCUT2D eigenvalue weighted by Crippen LogP contribution is 2.60. The Morgan fingerprint density at radius 3 is 2.39 bits per heavy atom. The molecule has 2 bridgehead atoms. The van der Waals surface area contributed by atoms with Gasteiger partial charge in [0.15, 0.2) is 55.9 Å². The molecule has 3 unspecified atom stereocenters. The first-order valence-corrected chi connectivity index (χ1v) is 23.8. The van der Waals surface area contributed by atoms with Gasteiger partial charge in [-0.3, -0.25) is 32.0 Å². The number of alkyl halides is 1. The van der Waals surface area contributed by atoms with E-state index in [2.05, 4.69) is 37.2 Å². The van der Waals surface area contributed by atoms with Gasteiger partial charge in [-0.15, -0.1) is 0 Å². The first-order valence-electron chi connectivity index (χ1n) is 15.6. The van der Waals surface area contributed by atoms with Crippen molar-refractivity contribution < 1.29 is 45.8 Å². The number of anilines is 1. The zero-order valence-electron chi connectivity index (χ0n) is 28.0. The SMILES string of the molecule is Cn1cnc2c(ncn2[C@@H]2O[C@@H]3OP(O)(=S)O[C@H]4[C@@H](F)[C@H](n5cnc6c(N)ncnc65)O[C@@H]4COP(=O)(S)O[C@@H]2C3O[Si](C)(C)C(C)(C)C)c1=O. The van der Waals surface area contributed by atoms with Gasteiger partial charge in [-0.2, -0.15) is 0 Å². The van der Waals surface area contributed by atoms with Gasteiger partial charge in [0.1, 0.15) is 36.3 Å². The lowest BCUT2D eigenvalue weighted by Crippen LogP contribution is -2.50. The van der Waals surface area contributed by atoms with Crippen LogP contribution in [-0.2, 0) is 55.4 Å². The van der Waals surface area contributed by atoms with Crippen molar-refractivity contribution in [2.24, 2.45) is 7.05 Å². The predicted octanol–water partition coefficient (Wildman–Crippen LogP) is 3.10. The molecule has 4 aromatic rings. The molecule has 0 saturated carbocycles. The highest BCUT2D eigenvalue weighted by molar-refractivity contribution is 8.44. The van der Waals surface area contributed by atoms with Crippen LogP contribution in [-0.4, -0.2) is 95.3 Å². The lowest BCUT2D eigenvalue weighted by molar-refractivity contribution is -0.131. The van der Waals surface area contributed by atoms with E-state index in [4.69, 9.17) is 49.5 Å². The monoisotopic (exact) mass is 807 g/mol. The fourth-order valence-corrected chi connectivity index (χ4v) is 10.1. The highest BCUT2D eigenvalue weighted by atomic mass is 32.7. The summed E-state index contributed by atoms with van der Waals surface area (Å²) in [6, 6.07) is 0. The number of aromatic nitrogens is 8. The van der Waals surface area contributed by atoms with Gasteiger partial charge in [0.25, 0.3) is 5.56 Å². The normalized spacial score (nSPS) is 35.2. The molecule has 3 aliphatic heterocycles. The predicted molar refractivity (Wildman–Crippen MR) is 187 cm³/mol. The van der Waals surface area contributed by atoms with E-state index in [9.17, 15) is 14.3 Å². The molecule has 7 heterocycles. The number of thiol groups is 1. The summed E-state index contributed by atoms with van der Waals surface area (Å²) in [5.74, 6) is 0.0652. The smallest absolute Gasteiger partial charge is 0.386 e. The minimum absolute atomic E-state index is 0.0146. The first-order chi connectivity index (χ1) is 23.8. The molecule has 10 atom stereocenters. The Balaban J connectivity index is 1.28. The Morgan fingerprint density at radius 2 is 1.69 bits per heavy atom. The topological polar surface area (TPSA) is 224 Å². The molecule has 0 amide bonds. The van der Waals surface area contributed by atoms with E-state index in [-0.39, 0.29) is 33.2 Å². The number of aryl methyl sites for hydroxylation is 1. The molecular formula is C26H36FN9O10P2S2Si. The number of halogens is 1. The van der Waals surface area contributed by atoms with Gasteiger partial charge in [-0.05, 0) is 29.9 Å². The first kappa shape index (κ1) is 37.1. The van der Waals surface area contributed by atoms with Crippen LogP contribution in [0.15, 0.2) is 30.1 Å². The van der Waals surface area contributed by atoms with Crippen molar-refractivity contribution in [1.82, 2.24) is 38.6 Å². The average Bonchev–Trinajstić information content (AvgIpc) is 3.79. The number of hydrogen-bond acceptors (Lipinski definition) is 16. The van der Waals surface area contributed by atoms with Crippen LogP contribution in [0.1, 0.15) is 33.2 Å². The maximum atomic E-state index is 16.4. The summed E-state index contributed by atoms with van der Waals surface area (Å²) in [6.45, 7) is 0.461. The third-order valence-electron chi connectivity index (χ3n) is 9.38. The maximum absolute atomic E-state index is 16.4. The van der Waals surface area contributed by atoms with Crippen LogP contribution < -0.4 is 11.3 Å². The van der Waals surface area contributed by atoms with E-state index in [0.717, 1.165) is 0 Å². The Hall–Kier alpha value is -2.24. The number of rotatable bonds is 4. The number of nitrogen functional groups attached to an aromatic ring is 1. The minimum atomic E-state index is -4.43. The summed E-state index contributed by atoms with van der Waals surface area (Å²) in [4.78, 5) is 45.2. The van der Waals surface area contributed by atoms with Crippen molar-refractivity contribution >= 4 is 74.0 Å². The fourth-order valence-electron chi connectivity index (χ4n) is 5.75. The third kappa shape index (κ3) is 6.74. The molecule has 4 aromatic heterocycles. The quantitative estimate of drug-likeness (QED) is 0.153. The van der Waals surface area contributed by atoms with E-state index in [1.807, 2.05) is 33.9 Å². The Bertz CT molecular complexity index is 2150. The number of nitrogens with two attached hydrogens (primary N) is 1. The van der Waals surface area contributed by atoms with Gasteiger partial charge < -0.3 is 29.1 Å². The van der Waals surface area contributed by atoms with Gasteiger partial charge in [-0.1, -0.05) is 33.0 Å². The van der Waals surface area contributed by atoms with Crippen LogP contribution in [0.2, 0.25) is 18.1 Å². The molecule has 278 valence electrons. The van der Waals surface area contributed by atoms with Crippen molar-refractivity contribution in [3.63, 3.8) is 0 Å². The second-order valence-corrected chi connectivity index (χ2v) is 24.2. The van der Waals surface area contributed by atoms with Crippen LogP contribution in [0.4, 0.5) is 10.2 Å². The lowest BCUT2D eigenvalue weighted by Gasteiger charge is -2.41. The molecule has 3 N–H and O–H groups in total. The van der Waals surface area contributed by atoms with Crippen molar-refractivity contribution in [2.45, 2.75) is 88.2 Å². The van der Waals surface area contributed by atoms with Crippen LogP contribution in [0.3, 0.4) is 0 Å². The highest BCUT2D eigenvalue weighted by Gasteiger charge is 2.57. The number of fused-ring (bicyclic) bond motifs is 5. The lowest BCUT2D eigenvalue weighted by atomic mass is 10.1. The average molecular weight is 808 g/mol. The molecule has 51 heavy (non-hydrogen) atoms. The molecule has 25 heteroatoms. The molecule has 0 radical (unpaired) electrons. The molecular weight excluding hydrogens is 772 g/mol. The van der Waals surface area contributed by atoms with E-state index in [0.29, 0.717) is 0 Å². The van der Waals surface area contributed by atoms with Gasteiger partial charge in [-0.25, -0.2) is 33.9 Å². The number of imidazole rings is 2. The summed E-state index contributed by atoms with van der Waals surface area (Å²) in [7, 11) is -1.22. The van der Waals surface area contributed by atoms with E-state index in [1.165, 1.54) is 46.1 Å². The molecule has 3 saturated heterocycles. The zero-order valence-corrected chi connectivity index (χ0v) is 32.5. The van der Waals surface area contributed by atoms with Crippen molar-refractivity contribution in [1.29, 1.82) is 0 Å². The third-order valence-corrected chi connectivity index (χ3v) is 17.0. The summed E-state index contributed by atoms with van der Waals surface area (Å²) < 4.78 is 77.1. The standard InChI is InChI=1S/C26H36FN9O10P2S2Si/c1-26(2,3)51(5,6)46-18-17-24(36-11-32-15-21(36)33-9-34(4)22(15)37)42-25(18)45-48(39,50)43-16-12(7-40-47(38,49)44-17)41-23(13(16)27)35-10-31-14-19(28)29-8-30-20(14)35/h8-13,16-18,23-25H,7H2,1-6H3,(H,38,49)(H,39,50)(H2,28,29,30)/t12-,13-,16-,17-,18?,23-,24-,25-,47?,48?/m1/s1. The van der Waals surface area contributed by atoms with Crippen LogP contribution in [0.25, 0.3) is 22.3 Å². The fraction of sp³-hybridized carbons (Fsp3) is 0.615. The largest absolute Gasteiger partial charge is 0.406 e. The molecule has 0 aliphatic carbocycles. The van der Waals surface area contributed by atoms with E-state index >= 15 is 4.39 Å². The van der Waals surface area contributed by atoms with Crippen molar-refractivity contribution in [3.8, 4) is 0 Å². The number of ether oxygens (including phenoxy) is 2. The van der Waals surface area contributed by atoms with Crippen LogP contribution in [0, 0.1) is 0 Å². The van der Waals surface area contributed by atoms with Crippen LogP contribution in [0.5, 0.6) is 0 Å². The molecule has 0 aromatic carbocycles. The van der Waals surface area contributed by atoms with Crippen molar-refractivity contribution in [2.75, 3.05) is 12.3 Å². The van der Waals surface area contributed by atoms with Crippen LogP contribution >= 0.6 is 25.8 Å². The molecule has 0 spiro atoms. The Kier molecular flexibility index (Phi) is 9.42. The number of nitrogens with zero attached hydrogens (tertiary/aromatic N) is 8. The molecule has 3 aliphatic rings. The summed E-state index contributed by atoms with van der Waals surface area (Å²) in [5, 5.41) is -0.365. The van der Waals surface area contributed by atoms with Gasteiger partial charge in [0.2, 0.25) is 0 Å². The van der Waals surface area contributed by atoms with Gasteiger partial charge >= 0.3 is 13.5 Å². The summed E-state index contributed by atoms with van der Waals surface area (Å²) in [5.41, 5.74) is 5.97. The maximum Gasteiger partial charge on any atom is 0.386 e. The Labute approximate surface area is 301 Å². The van der Waals surface area contributed by atoms with Gasteiger partial charge in [0, 0.05) is 7.05 Å². The summed E-state index contributed by atoms with van der Waals surface area (Å²) >= 11 is 9.72. The Morgan fingerprint density at radius 1 is 1.02 bits per heavy atom. The molecule has 3 fully saturated rings. The number of hydrogen-bond donors (Lipinski definition) is 3. The molecule has 7 rings (SSSR count).